The summed E-state index contributed by atoms with van der Waals surface area (Å²) in [5, 5.41) is 0. The molecule has 0 fully saturated rings. The summed E-state index contributed by atoms with van der Waals surface area (Å²) in [5.41, 5.74) is 6.26. The first kappa shape index (κ1) is 14.7. The highest BCUT2D eigenvalue weighted by molar-refractivity contribution is 7.90. The zero-order valence-corrected chi connectivity index (χ0v) is 12.8. The van der Waals surface area contributed by atoms with Crippen LogP contribution in [0.2, 0.25) is 0 Å². The number of nitrogen functional groups attached to an aromatic ring is 1. The topological polar surface area (TPSA) is 77.2 Å². The average molecular weight is 309 g/mol. The van der Waals surface area contributed by atoms with E-state index in [-0.39, 0.29) is 16.4 Å². The lowest BCUT2D eigenvalue weighted by molar-refractivity contribution is 0.104. The van der Waals surface area contributed by atoms with Crippen LogP contribution in [-0.2, 0) is 16.3 Å². The number of hydrogen-bond acceptors (Lipinski definition) is 5. The molecule has 0 saturated carbocycles. The van der Waals surface area contributed by atoms with E-state index in [0.717, 1.165) is 17.6 Å². The van der Waals surface area contributed by atoms with Crippen LogP contribution >= 0.6 is 11.3 Å². The van der Waals surface area contributed by atoms with Crippen molar-refractivity contribution < 1.29 is 13.2 Å². The molecule has 0 aliphatic heterocycles. The number of carbonyl (C=O) groups excluding carboxylic acids is 1. The summed E-state index contributed by atoms with van der Waals surface area (Å²) < 4.78 is 23.2. The highest BCUT2D eigenvalue weighted by Crippen LogP contribution is 2.23. The molecule has 0 aliphatic rings. The molecule has 4 nitrogen and oxygen atoms in total. The van der Waals surface area contributed by atoms with Gasteiger partial charge in [-0.3, -0.25) is 4.79 Å². The van der Waals surface area contributed by atoms with Crippen LogP contribution in [-0.4, -0.2) is 20.5 Å². The Balaban J connectivity index is 2.47. The lowest BCUT2D eigenvalue weighted by Gasteiger charge is -2.04. The second kappa shape index (κ2) is 5.38. The molecular formula is C14H15NO3S2. The Bertz CT molecular complexity index is 760. The number of thiophene rings is 1. The Hall–Kier alpha value is -1.66. The molecule has 0 bridgehead atoms. The fraction of sp³-hybridized carbons (Fsp3) is 0.214. The Morgan fingerprint density at radius 1 is 1.25 bits per heavy atom. The average Bonchev–Trinajstić information content (AvgIpc) is 2.84. The van der Waals surface area contributed by atoms with Gasteiger partial charge in [-0.2, -0.15) is 0 Å². The van der Waals surface area contributed by atoms with Gasteiger partial charge in [-0.15, -0.1) is 11.3 Å². The molecule has 2 aromatic rings. The number of ketones is 1. The molecule has 106 valence electrons. The fourth-order valence-electron chi connectivity index (χ4n) is 1.80. The van der Waals surface area contributed by atoms with E-state index in [2.05, 4.69) is 0 Å². The van der Waals surface area contributed by atoms with Crippen LogP contribution in [0.3, 0.4) is 0 Å². The van der Waals surface area contributed by atoms with E-state index in [1.807, 2.05) is 13.0 Å². The van der Waals surface area contributed by atoms with E-state index >= 15 is 0 Å². The van der Waals surface area contributed by atoms with Gasteiger partial charge in [-0.05, 0) is 36.8 Å². The van der Waals surface area contributed by atoms with Gasteiger partial charge in [0.15, 0.2) is 9.84 Å². The Morgan fingerprint density at radius 2 is 1.95 bits per heavy atom. The van der Waals surface area contributed by atoms with Crippen molar-refractivity contribution in [2.24, 2.45) is 0 Å². The zero-order valence-electron chi connectivity index (χ0n) is 11.2. The van der Waals surface area contributed by atoms with Gasteiger partial charge in [0, 0.05) is 22.4 Å². The van der Waals surface area contributed by atoms with E-state index < -0.39 is 9.84 Å². The standard InChI is InChI=1S/C14H15NO3S2/c1-3-11-4-5-13(19-11)14(16)9-6-10(15)8-12(7-9)20(2,17)18/h4-8H,3,15H2,1-2H3. The van der Waals surface area contributed by atoms with Crippen LogP contribution < -0.4 is 5.73 Å². The molecule has 0 saturated heterocycles. The van der Waals surface area contributed by atoms with Crippen molar-refractivity contribution in [2.75, 3.05) is 12.0 Å². The Labute approximate surface area is 122 Å². The number of hydrogen-bond donors (Lipinski definition) is 1. The number of benzene rings is 1. The molecule has 20 heavy (non-hydrogen) atoms. The van der Waals surface area contributed by atoms with Crippen LogP contribution in [0.25, 0.3) is 0 Å². The van der Waals surface area contributed by atoms with Crippen molar-refractivity contribution in [3.05, 3.63) is 45.6 Å². The lowest BCUT2D eigenvalue weighted by atomic mass is 10.1. The maximum atomic E-state index is 12.4. The maximum absolute atomic E-state index is 12.4. The molecule has 0 atom stereocenters. The third-order valence-corrected chi connectivity index (χ3v) is 5.17. The number of nitrogens with two attached hydrogens (primary N) is 1. The summed E-state index contributed by atoms with van der Waals surface area (Å²) in [5.74, 6) is -0.202. The van der Waals surface area contributed by atoms with Crippen LogP contribution in [0.4, 0.5) is 5.69 Å². The quantitative estimate of drug-likeness (QED) is 0.695. The molecule has 0 spiro atoms. The van der Waals surface area contributed by atoms with Crippen LogP contribution in [0.5, 0.6) is 0 Å². The summed E-state index contributed by atoms with van der Waals surface area (Å²) in [6, 6.07) is 7.90. The van der Waals surface area contributed by atoms with Gasteiger partial charge in [-0.1, -0.05) is 6.92 Å². The Morgan fingerprint density at radius 3 is 2.50 bits per heavy atom. The summed E-state index contributed by atoms with van der Waals surface area (Å²) in [6.07, 6.45) is 1.96. The number of rotatable bonds is 4. The van der Waals surface area contributed by atoms with Crippen molar-refractivity contribution in [3.8, 4) is 0 Å². The number of anilines is 1. The molecule has 0 aliphatic carbocycles. The second-order valence-corrected chi connectivity index (χ2v) is 7.70. The lowest BCUT2D eigenvalue weighted by Crippen LogP contribution is -2.05. The third kappa shape index (κ3) is 3.08. The second-order valence-electron chi connectivity index (χ2n) is 4.51. The van der Waals surface area contributed by atoms with E-state index in [9.17, 15) is 13.2 Å². The normalized spacial score (nSPS) is 11.5. The highest BCUT2D eigenvalue weighted by Gasteiger charge is 2.16. The molecular weight excluding hydrogens is 294 g/mol. The van der Waals surface area contributed by atoms with E-state index in [1.165, 1.54) is 29.5 Å². The van der Waals surface area contributed by atoms with E-state index in [0.29, 0.717) is 10.4 Å². The molecule has 2 N–H and O–H groups in total. The van der Waals surface area contributed by atoms with Gasteiger partial charge in [0.25, 0.3) is 0 Å². The van der Waals surface area contributed by atoms with Crippen molar-refractivity contribution in [1.82, 2.24) is 0 Å². The van der Waals surface area contributed by atoms with Gasteiger partial charge in [0.2, 0.25) is 5.78 Å². The predicted octanol–water partition coefficient (Wildman–Crippen LogP) is 2.53. The molecule has 2 rings (SSSR count). The van der Waals surface area contributed by atoms with Gasteiger partial charge >= 0.3 is 0 Å². The number of aryl methyl sites for hydroxylation is 1. The van der Waals surface area contributed by atoms with Crippen molar-refractivity contribution in [2.45, 2.75) is 18.2 Å². The van der Waals surface area contributed by atoms with Gasteiger partial charge < -0.3 is 5.73 Å². The molecule has 1 aromatic carbocycles. The highest BCUT2D eigenvalue weighted by atomic mass is 32.2. The van der Waals surface area contributed by atoms with Gasteiger partial charge in [-0.25, -0.2) is 8.42 Å². The minimum atomic E-state index is -3.39. The Kier molecular flexibility index (Phi) is 3.96. The summed E-state index contributed by atoms with van der Waals surface area (Å²) in [6.45, 7) is 2.02. The largest absolute Gasteiger partial charge is 0.399 e. The number of sulfone groups is 1. The summed E-state index contributed by atoms with van der Waals surface area (Å²) in [7, 11) is -3.39. The SMILES string of the molecule is CCc1ccc(C(=O)c2cc(N)cc(S(C)(=O)=O)c2)s1. The van der Waals surface area contributed by atoms with Crippen molar-refractivity contribution >= 4 is 32.6 Å². The molecule has 1 aromatic heterocycles. The van der Waals surface area contributed by atoms with Crippen molar-refractivity contribution in [3.63, 3.8) is 0 Å². The predicted molar refractivity (Wildman–Crippen MR) is 81.1 cm³/mol. The third-order valence-electron chi connectivity index (χ3n) is 2.85. The maximum Gasteiger partial charge on any atom is 0.203 e. The zero-order chi connectivity index (χ0) is 14.9. The molecule has 6 heteroatoms. The van der Waals surface area contributed by atoms with E-state index in [1.54, 1.807) is 6.07 Å². The molecule has 1 heterocycles. The van der Waals surface area contributed by atoms with Crippen LogP contribution in [0.1, 0.15) is 27.0 Å². The minimum Gasteiger partial charge on any atom is -0.399 e. The first-order valence-corrected chi connectivity index (χ1v) is 8.76. The van der Waals surface area contributed by atoms with Gasteiger partial charge in [0.05, 0.1) is 9.77 Å². The fourth-order valence-corrected chi connectivity index (χ4v) is 3.40. The minimum absolute atomic E-state index is 0.0631. The van der Waals surface area contributed by atoms with Crippen LogP contribution in [0.15, 0.2) is 35.2 Å². The van der Waals surface area contributed by atoms with E-state index in [4.69, 9.17) is 5.73 Å². The molecule has 0 amide bonds. The summed E-state index contributed by atoms with van der Waals surface area (Å²) >= 11 is 1.42. The smallest absolute Gasteiger partial charge is 0.203 e. The summed E-state index contributed by atoms with van der Waals surface area (Å²) in [4.78, 5) is 14.1. The van der Waals surface area contributed by atoms with Crippen LogP contribution in [0, 0.1) is 0 Å². The first-order chi connectivity index (χ1) is 9.31. The monoisotopic (exact) mass is 309 g/mol. The van der Waals surface area contributed by atoms with Gasteiger partial charge in [0.1, 0.15) is 0 Å². The molecule has 0 unspecified atom stereocenters. The van der Waals surface area contributed by atoms with Crippen molar-refractivity contribution in [1.29, 1.82) is 0 Å². The molecule has 0 radical (unpaired) electrons. The number of carbonyl (C=O) groups is 1. The first-order valence-electron chi connectivity index (χ1n) is 6.05.